The molecule has 2 rings (SSSR count). The van der Waals surface area contributed by atoms with Crippen LogP contribution in [-0.2, 0) is 0 Å². The Bertz CT molecular complexity index is 437. The Kier molecular flexibility index (Phi) is 2.36. The largest absolute Gasteiger partial charge is 0.305 e. The quantitative estimate of drug-likeness (QED) is 0.527. The van der Waals surface area contributed by atoms with Gasteiger partial charge in [0.15, 0.2) is 0 Å². The van der Waals surface area contributed by atoms with Crippen LogP contribution in [0, 0.1) is 6.07 Å². The molecule has 2 aromatic rings. The zero-order chi connectivity index (χ0) is 9.80. The molecule has 2 nitrogen and oxygen atoms in total. The standard InChI is InChI=1S/C12H8NO/c14-9-10-4-3-5-11(8-10)12-6-1-2-7-13-12/h1-4,6-9H/q-1. The number of carbonyl (C=O) groups is 1. The molecule has 1 heterocycles. The van der Waals surface area contributed by atoms with Crippen molar-refractivity contribution in [3.8, 4) is 11.3 Å². The summed E-state index contributed by atoms with van der Waals surface area (Å²) in [4.78, 5) is 14.7. The van der Waals surface area contributed by atoms with Gasteiger partial charge in [0.05, 0.1) is 0 Å². The molecule has 0 fully saturated rings. The summed E-state index contributed by atoms with van der Waals surface area (Å²) in [6, 6.07) is 13.9. The normalized spacial score (nSPS) is 9.71. The van der Waals surface area contributed by atoms with Crippen molar-refractivity contribution in [1.82, 2.24) is 4.98 Å². The Balaban J connectivity index is 2.47. The molecule has 68 valence electrons. The number of aromatic nitrogens is 1. The minimum atomic E-state index is 0.643. The van der Waals surface area contributed by atoms with Crippen molar-refractivity contribution in [2.75, 3.05) is 0 Å². The molecule has 0 spiro atoms. The Morgan fingerprint density at radius 3 is 2.93 bits per heavy atom. The van der Waals surface area contributed by atoms with Gasteiger partial charge in [-0.25, -0.2) is 0 Å². The topological polar surface area (TPSA) is 30.0 Å². The fraction of sp³-hybridized carbons (Fsp3) is 0. The number of hydrogen-bond donors (Lipinski definition) is 0. The molecule has 0 aliphatic rings. The van der Waals surface area contributed by atoms with E-state index >= 15 is 0 Å². The SMILES string of the molecule is O=Cc1cc[c-]c(-c2ccccn2)c1. The molecule has 0 aliphatic carbocycles. The van der Waals surface area contributed by atoms with E-state index in [0.29, 0.717) is 5.56 Å². The fourth-order valence-corrected chi connectivity index (χ4v) is 1.23. The highest BCUT2D eigenvalue weighted by atomic mass is 16.1. The lowest BCUT2D eigenvalue weighted by Crippen LogP contribution is -1.84. The van der Waals surface area contributed by atoms with Crippen molar-refractivity contribution in [2.45, 2.75) is 0 Å². The molecular weight excluding hydrogens is 174 g/mol. The molecule has 14 heavy (non-hydrogen) atoms. The Morgan fingerprint density at radius 1 is 1.29 bits per heavy atom. The average Bonchev–Trinajstić information content (AvgIpc) is 2.30. The van der Waals surface area contributed by atoms with Crippen molar-refractivity contribution in [1.29, 1.82) is 0 Å². The van der Waals surface area contributed by atoms with Crippen LogP contribution in [0.1, 0.15) is 10.4 Å². The van der Waals surface area contributed by atoms with E-state index in [9.17, 15) is 4.79 Å². The molecule has 0 unspecified atom stereocenters. The van der Waals surface area contributed by atoms with Gasteiger partial charge in [0.2, 0.25) is 0 Å². The fourth-order valence-electron chi connectivity index (χ4n) is 1.23. The third kappa shape index (κ3) is 1.69. The van der Waals surface area contributed by atoms with E-state index in [-0.39, 0.29) is 0 Å². The van der Waals surface area contributed by atoms with Gasteiger partial charge in [0.25, 0.3) is 0 Å². The van der Waals surface area contributed by atoms with E-state index in [0.717, 1.165) is 17.5 Å². The minimum Gasteiger partial charge on any atom is -0.305 e. The van der Waals surface area contributed by atoms with Crippen LogP contribution < -0.4 is 0 Å². The summed E-state index contributed by atoms with van der Waals surface area (Å²) in [5.74, 6) is 0. The first kappa shape index (κ1) is 8.63. The van der Waals surface area contributed by atoms with Gasteiger partial charge in [-0.15, -0.1) is 29.8 Å². The van der Waals surface area contributed by atoms with E-state index in [2.05, 4.69) is 11.1 Å². The van der Waals surface area contributed by atoms with Gasteiger partial charge in [-0.3, -0.25) is 4.79 Å². The van der Waals surface area contributed by atoms with Gasteiger partial charge in [-0.1, -0.05) is 17.7 Å². The molecule has 1 aromatic heterocycles. The summed E-state index contributed by atoms with van der Waals surface area (Å²) >= 11 is 0. The Labute approximate surface area is 82.2 Å². The third-order valence-electron chi connectivity index (χ3n) is 1.90. The van der Waals surface area contributed by atoms with E-state index in [1.165, 1.54) is 0 Å². The smallest absolute Gasteiger partial charge is 0.131 e. The van der Waals surface area contributed by atoms with E-state index in [1.54, 1.807) is 24.4 Å². The highest BCUT2D eigenvalue weighted by molar-refractivity contribution is 5.77. The average molecular weight is 182 g/mol. The van der Waals surface area contributed by atoms with Crippen molar-refractivity contribution < 1.29 is 4.79 Å². The molecule has 0 bridgehead atoms. The maximum atomic E-state index is 10.6. The van der Waals surface area contributed by atoms with Gasteiger partial charge < -0.3 is 4.98 Å². The highest BCUT2D eigenvalue weighted by Crippen LogP contribution is 2.15. The summed E-state index contributed by atoms with van der Waals surface area (Å²) in [7, 11) is 0. The van der Waals surface area contributed by atoms with Crippen LogP contribution in [-0.4, -0.2) is 11.3 Å². The Hall–Kier alpha value is -1.96. The summed E-state index contributed by atoms with van der Waals surface area (Å²) in [6.45, 7) is 0. The third-order valence-corrected chi connectivity index (χ3v) is 1.90. The van der Waals surface area contributed by atoms with Gasteiger partial charge in [0, 0.05) is 6.20 Å². The van der Waals surface area contributed by atoms with Gasteiger partial charge in [-0.05, 0) is 11.8 Å². The van der Waals surface area contributed by atoms with Gasteiger partial charge >= 0.3 is 0 Å². The lowest BCUT2D eigenvalue weighted by atomic mass is 10.1. The predicted molar refractivity (Wildman–Crippen MR) is 53.9 cm³/mol. The monoisotopic (exact) mass is 182 g/mol. The van der Waals surface area contributed by atoms with Crippen LogP contribution in [0.25, 0.3) is 11.3 Å². The zero-order valence-corrected chi connectivity index (χ0v) is 7.47. The van der Waals surface area contributed by atoms with Crippen molar-refractivity contribution >= 4 is 6.29 Å². The van der Waals surface area contributed by atoms with E-state index in [1.807, 2.05) is 18.2 Å². The van der Waals surface area contributed by atoms with Crippen molar-refractivity contribution in [3.63, 3.8) is 0 Å². The van der Waals surface area contributed by atoms with E-state index in [4.69, 9.17) is 0 Å². The van der Waals surface area contributed by atoms with Crippen LogP contribution in [0.15, 0.2) is 42.6 Å². The number of carbonyl (C=O) groups excluding carboxylic acids is 1. The highest BCUT2D eigenvalue weighted by Gasteiger charge is 1.90. The molecule has 0 saturated heterocycles. The van der Waals surface area contributed by atoms with Gasteiger partial charge in [-0.2, -0.15) is 0 Å². The summed E-state index contributed by atoms with van der Waals surface area (Å²) in [6.07, 6.45) is 2.54. The second-order valence-electron chi connectivity index (χ2n) is 2.87. The summed E-state index contributed by atoms with van der Waals surface area (Å²) in [5.41, 5.74) is 2.32. The minimum absolute atomic E-state index is 0.643. The van der Waals surface area contributed by atoms with Crippen LogP contribution in [0.5, 0.6) is 0 Å². The molecule has 0 aliphatic heterocycles. The molecule has 0 amide bonds. The maximum Gasteiger partial charge on any atom is 0.131 e. The first-order valence-electron chi connectivity index (χ1n) is 4.28. The summed E-state index contributed by atoms with van der Waals surface area (Å²) in [5, 5.41) is 0. The molecule has 0 N–H and O–H groups in total. The van der Waals surface area contributed by atoms with Crippen LogP contribution in [0.3, 0.4) is 0 Å². The molecular formula is C12H8NO-. The lowest BCUT2D eigenvalue weighted by Gasteiger charge is -2.08. The second kappa shape index (κ2) is 3.83. The lowest BCUT2D eigenvalue weighted by molar-refractivity contribution is 0.112. The Morgan fingerprint density at radius 2 is 2.21 bits per heavy atom. The van der Waals surface area contributed by atoms with Crippen molar-refractivity contribution in [2.24, 2.45) is 0 Å². The predicted octanol–water partition coefficient (Wildman–Crippen LogP) is 2.36. The van der Waals surface area contributed by atoms with Crippen LogP contribution >= 0.6 is 0 Å². The van der Waals surface area contributed by atoms with Gasteiger partial charge in [0.1, 0.15) is 6.29 Å². The molecule has 0 atom stereocenters. The molecule has 2 heteroatoms. The maximum absolute atomic E-state index is 10.6. The molecule has 1 aromatic carbocycles. The number of nitrogens with zero attached hydrogens (tertiary/aromatic N) is 1. The first-order valence-corrected chi connectivity index (χ1v) is 4.28. The number of benzene rings is 1. The summed E-state index contributed by atoms with van der Waals surface area (Å²) < 4.78 is 0. The van der Waals surface area contributed by atoms with Crippen LogP contribution in [0.4, 0.5) is 0 Å². The number of hydrogen-bond acceptors (Lipinski definition) is 2. The molecule has 0 radical (unpaired) electrons. The second-order valence-corrected chi connectivity index (χ2v) is 2.87. The first-order chi connectivity index (χ1) is 6.90. The number of pyridine rings is 1. The number of aldehydes is 1. The molecule has 0 saturated carbocycles. The van der Waals surface area contributed by atoms with E-state index < -0.39 is 0 Å². The number of rotatable bonds is 2. The van der Waals surface area contributed by atoms with Crippen LogP contribution in [0.2, 0.25) is 0 Å². The van der Waals surface area contributed by atoms with Crippen molar-refractivity contribution in [3.05, 3.63) is 54.2 Å². The zero-order valence-electron chi connectivity index (χ0n) is 7.47.